The number of anilines is 1. The van der Waals surface area contributed by atoms with Gasteiger partial charge in [0, 0.05) is 30.1 Å². The smallest absolute Gasteiger partial charge is 0.280 e. The molecule has 1 amide bonds. The lowest BCUT2D eigenvalue weighted by Crippen LogP contribution is -2.35. The number of carbonyl (C=O) groups excluding carboxylic acids is 1. The van der Waals surface area contributed by atoms with Crippen molar-refractivity contribution >= 4 is 49.4 Å². The number of carbonyl (C=O) groups is 1. The number of thiophene rings is 1. The third-order valence-corrected chi connectivity index (χ3v) is 9.18. The average Bonchev–Trinajstić information content (AvgIpc) is 3.54. The third-order valence-electron chi connectivity index (χ3n) is 5.62. The Morgan fingerprint density at radius 2 is 1.80 bits per heavy atom. The first-order valence-electron chi connectivity index (χ1n) is 10.5. The van der Waals surface area contributed by atoms with Crippen molar-refractivity contribution in [1.82, 2.24) is 9.29 Å². The number of fused-ring (bicyclic) bond motifs is 1. The van der Waals surface area contributed by atoms with E-state index < -0.39 is 20.9 Å². The zero-order chi connectivity index (χ0) is 24.6. The molecule has 9 nitrogen and oxygen atoms in total. The minimum absolute atomic E-state index is 0.00705. The molecule has 0 spiro atoms. The van der Waals surface area contributed by atoms with E-state index in [-0.39, 0.29) is 16.1 Å². The molecule has 2 aromatic carbocycles. The van der Waals surface area contributed by atoms with E-state index in [0.29, 0.717) is 35.2 Å². The molecule has 0 atom stereocenters. The van der Waals surface area contributed by atoms with Gasteiger partial charge >= 0.3 is 0 Å². The number of hydrogen-bond acceptors (Lipinski definition) is 8. The zero-order valence-corrected chi connectivity index (χ0v) is 20.5. The Labute approximate surface area is 208 Å². The zero-order valence-electron chi connectivity index (χ0n) is 18.1. The largest absolute Gasteiger partial charge is 0.298 e. The summed E-state index contributed by atoms with van der Waals surface area (Å²) in [6.45, 7) is 0.724. The number of hydrogen-bond donors (Lipinski definition) is 1. The van der Waals surface area contributed by atoms with Crippen LogP contribution in [0, 0.1) is 10.1 Å². The number of nitrogens with zero attached hydrogens (tertiary/aromatic N) is 3. The minimum atomic E-state index is -3.69. The molecule has 0 saturated carbocycles. The second-order valence-electron chi connectivity index (χ2n) is 7.80. The second-order valence-corrected chi connectivity index (χ2v) is 11.5. The topological polar surface area (TPSA) is 123 Å². The molecule has 178 valence electrons. The van der Waals surface area contributed by atoms with E-state index in [4.69, 9.17) is 0 Å². The van der Waals surface area contributed by atoms with Crippen molar-refractivity contribution in [2.75, 3.05) is 11.9 Å². The molecule has 0 saturated heterocycles. The van der Waals surface area contributed by atoms with Gasteiger partial charge in [-0.2, -0.15) is 4.31 Å². The van der Waals surface area contributed by atoms with Crippen LogP contribution < -0.4 is 5.32 Å². The molecule has 35 heavy (non-hydrogen) atoms. The molecular formula is C23H18N4O5S3. The van der Waals surface area contributed by atoms with Gasteiger partial charge in [0.2, 0.25) is 10.0 Å². The van der Waals surface area contributed by atoms with Crippen molar-refractivity contribution in [1.29, 1.82) is 0 Å². The molecule has 1 aliphatic rings. The van der Waals surface area contributed by atoms with Crippen molar-refractivity contribution in [3.05, 3.63) is 92.2 Å². The maximum atomic E-state index is 13.1. The van der Waals surface area contributed by atoms with E-state index in [2.05, 4.69) is 10.3 Å². The van der Waals surface area contributed by atoms with Crippen molar-refractivity contribution in [2.24, 2.45) is 0 Å². The molecule has 0 radical (unpaired) electrons. The van der Waals surface area contributed by atoms with Crippen LogP contribution in [0.25, 0.3) is 10.6 Å². The molecule has 1 N–H and O–H groups in total. The summed E-state index contributed by atoms with van der Waals surface area (Å²) in [6.07, 6.45) is 0.657. The fourth-order valence-electron chi connectivity index (χ4n) is 3.77. The predicted molar refractivity (Wildman–Crippen MR) is 134 cm³/mol. The molecule has 2 aromatic heterocycles. The number of amides is 1. The summed E-state index contributed by atoms with van der Waals surface area (Å²) in [5, 5.41) is 17.0. The molecule has 1 aliphatic heterocycles. The number of thiazole rings is 1. The summed E-state index contributed by atoms with van der Waals surface area (Å²) in [5.41, 5.74) is 2.98. The quantitative estimate of drug-likeness (QED) is 0.285. The predicted octanol–water partition coefficient (Wildman–Crippen LogP) is 4.78. The number of nitro groups is 1. The second kappa shape index (κ2) is 9.30. The van der Waals surface area contributed by atoms with E-state index in [1.54, 1.807) is 5.38 Å². The lowest BCUT2D eigenvalue weighted by atomic mass is 10.0. The lowest BCUT2D eigenvalue weighted by Gasteiger charge is -2.28. The van der Waals surface area contributed by atoms with Gasteiger partial charge < -0.3 is 0 Å². The van der Waals surface area contributed by atoms with Gasteiger partial charge in [-0.15, -0.1) is 22.7 Å². The lowest BCUT2D eigenvalue weighted by molar-refractivity contribution is -0.384. The van der Waals surface area contributed by atoms with Gasteiger partial charge in [0.15, 0.2) is 5.13 Å². The monoisotopic (exact) mass is 526 g/mol. The Kier molecular flexibility index (Phi) is 6.19. The number of aromatic nitrogens is 1. The van der Waals surface area contributed by atoms with Crippen LogP contribution in [0.15, 0.2) is 70.3 Å². The van der Waals surface area contributed by atoms with Crippen LogP contribution in [0.1, 0.15) is 21.5 Å². The van der Waals surface area contributed by atoms with Gasteiger partial charge in [0.25, 0.3) is 11.6 Å². The highest BCUT2D eigenvalue weighted by molar-refractivity contribution is 7.89. The van der Waals surface area contributed by atoms with E-state index in [1.807, 2.05) is 24.3 Å². The molecule has 0 fully saturated rings. The summed E-state index contributed by atoms with van der Waals surface area (Å²) < 4.78 is 27.7. The number of sulfonamides is 1. The Morgan fingerprint density at radius 1 is 1.06 bits per heavy atom. The summed E-state index contributed by atoms with van der Waals surface area (Å²) >= 11 is 2.40. The van der Waals surface area contributed by atoms with Crippen molar-refractivity contribution in [3.8, 4) is 10.6 Å². The first kappa shape index (κ1) is 23.3. The van der Waals surface area contributed by atoms with Crippen LogP contribution in [0.2, 0.25) is 0 Å². The fraction of sp³-hybridized carbons (Fsp3) is 0.130. The fourth-order valence-corrected chi connectivity index (χ4v) is 6.79. The summed E-state index contributed by atoms with van der Waals surface area (Å²) in [6, 6.07) is 15.0. The van der Waals surface area contributed by atoms with Crippen LogP contribution in [-0.4, -0.2) is 35.1 Å². The van der Waals surface area contributed by atoms with Crippen molar-refractivity contribution < 1.29 is 18.1 Å². The van der Waals surface area contributed by atoms with Gasteiger partial charge in [-0.25, -0.2) is 13.4 Å². The standard InChI is InChI=1S/C23H18N4O5S3/c28-22(25-23-24-20(14-34-23)21-11-18(13-33-21)27(29)30)16-5-7-19(8-6-16)35(31,32)26-10-9-15-3-1-2-4-17(15)12-26/h1-8,11,13-14H,9-10,12H2,(H,24,25,28). The Balaban J connectivity index is 1.27. The number of rotatable bonds is 6. The molecule has 0 aliphatic carbocycles. The van der Waals surface area contributed by atoms with Gasteiger partial charge in [-0.05, 0) is 41.8 Å². The van der Waals surface area contributed by atoms with Crippen molar-refractivity contribution in [3.63, 3.8) is 0 Å². The highest BCUT2D eigenvalue weighted by Gasteiger charge is 2.28. The van der Waals surface area contributed by atoms with Gasteiger partial charge in [0.1, 0.15) is 0 Å². The van der Waals surface area contributed by atoms with Crippen LogP contribution in [0.5, 0.6) is 0 Å². The van der Waals surface area contributed by atoms with E-state index >= 15 is 0 Å². The molecule has 5 rings (SSSR count). The Morgan fingerprint density at radius 3 is 2.51 bits per heavy atom. The van der Waals surface area contributed by atoms with Crippen LogP contribution >= 0.6 is 22.7 Å². The first-order valence-corrected chi connectivity index (χ1v) is 13.7. The molecular weight excluding hydrogens is 508 g/mol. The number of nitrogens with one attached hydrogen (secondary N) is 1. The molecule has 12 heteroatoms. The maximum absolute atomic E-state index is 13.1. The Hall–Kier alpha value is -3.45. The highest BCUT2D eigenvalue weighted by atomic mass is 32.2. The molecule has 3 heterocycles. The Bertz CT molecular complexity index is 1530. The normalized spacial score (nSPS) is 13.8. The average molecular weight is 527 g/mol. The SMILES string of the molecule is O=C(Nc1nc(-c2cc([N+](=O)[O-])cs2)cs1)c1ccc(S(=O)(=O)N2CCc3ccccc3C2)cc1. The summed E-state index contributed by atoms with van der Waals surface area (Å²) in [5.74, 6) is -0.432. The molecule has 0 unspecified atom stereocenters. The molecule has 0 bridgehead atoms. The van der Waals surface area contributed by atoms with Gasteiger partial charge in [0.05, 0.1) is 25.8 Å². The minimum Gasteiger partial charge on any atom is -0.298 e. The highest BCUT2D eigenvalue weighted by Crippen LogP contribution is 2.33. The van der Waals surface area contributed by atoms with Gasteiger partial charge in [-0.3, -0.25) is 20.2 Å². The summed E-state index contributed by atoms with van der Waals surface area (Å²) in [4.78, 5) is 28.2. The van der Waals surface area contributed by atoms with Crippen LogP contribution in [-0.2, 0) is 23.0 Å². The van der Waals surface area contributed by atoms with E-state index in [9.17, 15) is 23.3 Å². The van der Waals surface area contributed by atoms with Gasteiger partial charge in [-0.1, -0.05) is 24.3 Å². The van der Waals surface area contributed by atoms with Crippen LogP contribution in [0.4, 0.5) is 10.8 Å². The molecule has 4 aromatic rings. The van der Waals surface area contributed by atoms with Crippen LogP contribution in [0.3, 0.4) is 0 Å². The van der Waals surface area contributed by atoms with E-state index in [1.165, 1.54) is 62.7 Å². The first-order chi connectivity index (χ1) is 16.8. The maximum Gasteiger partial charge on any atom is 0.280 e. The number of benzene rings is 2. The van der Waals surface area contributed by atoms with E-state index in [0.717, 1.165) is 11.1 Å². The summed E-state index contributed by atoms with van der Waals surface area (Å²) in [7, 11) is -3.69. The van der Waals surface area contributed by atoms with Crippen molar-refractivity contribution in [2.45, 2.75) is 17.9 Å². The third kappa shape index (κ3) is 4.73.